The molecule has 0 saturated heterocycles. The number of nitrogens with two attached hydrogens (primary N) is 1. The molecule has 0 bridgehead atoms. The average molecular weight is 294 g/mol. The molecule has 1 aliphatic rings. The second-order valence-electron chi connectivity index (χ2n) is 5.93. The molecule has 1 amide bonds. The summed E-state index contributed by atoms with van der Waals surface area (Å²) in [4.78, 5) is 14.8. The Balaban J connectivity index is 2.06. The minimum atomic E-state index is -0.142. The van der Waals surface area contributed by atoms with E-state index >= 15 is 0 Å². The molecule has 2 N–H and O–H groups in total. The quantitative estimate of drug-likeness (QED) is 0.946. The number of rotatable bonds is 3. The van der Waals surface area contributed by atoms with E-state index in [1.807, 2.05) is 30.0 Å². The molecule has 0 aromatic heterocycles. The highest BCUT2D eigenvalue weighted by Gasteiger charge is 2.33. The number of benzene rings is 2. The van der Waals surface area contributed by atoms with Gasteiger partial charge in [-0.2, -0.15) is 0 Å². The van der Waals surface area contributed by atoms with Crippen molar-refractivity contribution in [2.45, 2.75) is 19.4 Å². The summed E-state index contributed by atoms with van der Waals surface area (Å²) in [7, 11) is 0. The van der Waals surface area contributed by atoms with Crippen LogP contribution < -0.4 is 5.73 Å². The first kappa shape index (κ1) is 14.8. The minimum absolute atomic E-state index is 0.00681. The van der Waals surface area contributed by atoms with Gasteiger partial charge in [0, 0.05) is 19.0 Å². The van der Waals surface area contributed by atoms with Crippen molar-refractivity contribution in [1.82, 2.24) is 4.90 Å². The van der Waals surface area contributed by atoms with Gasteiger partial charge in [-0.3, -0.25) is 4.79 Å². The first-order valence-electron chi connectivity index (χ1n) is 7.85. The highest BCUT2D eigenvalue weighted by atomic mass is 16.2. The van der Waals surface area contributed by atoms with Crippen LogP contribution in [-0.4, -0.2) is 23.9 Å². The molecule has 1 heterocycles. The number of nitrogens with zero attached hydrogens (tertiary/aromatic N) is 1. The van der Waals surface area contributed by atoms with E-state index in [4.69, 9.17) is 5.73 Å². The van der Waals surface area contributed by atoms with E-state index in [1.54, 1.807) is 0 Å². The monoisotopic (exact) mass is 294 g/mol. The third-order valence-corrected chi connectivity index (χ3v) is 4.46. The Hall–Kier alpha value is -2.13. The van der Waals surface area contributed by atoms with Gasteiger partial charge in [-0.15, -0.1) is 0 Å². The zero-order valence-corrected chi connectivity index (χ0v) is 12.9. The van der Waals surface area contributed by atoms with Gasteiger partial charge >= 0.3 is 0 Å². The first-order valence-corrected chi connectivity index (χ1v) is 7.85. The third kappa shape index (κ3) is 2.64. The highest BCUT2D eigenvalue weighted by Crippen LogP contribution is 2.35. The summed E-state index contributed by atoms with van der Waals surface area (Å²) in [6, 6.07) is 18.7. The van der Waals surface area contributed by atoms with Crippen molar-refractivity contribution < 1.29 is 4.79 Å². The molecule has 22 heavy (non-hydrogen) atoms. The summed E-state index contributed by atoms with van der Waals surface area (Å²) in [5.41, 5.74) is 9.44. The van der Waals surface area contributed by atoms with Crippen molar-refractivity contribution in [3.05, 3.63) is 71.3 Å². The van der Waals surface area contributed by atoms with Crippen LogP contribution in [0.5, 0.6) is 0 Å². The Labute approximate surface area is 131 Å². The topological polar surface area (TPSA) is 46.3 Å². The van der Waals surface area contributed by atoms with Crippen LogP contribution in [0.1, 0.15) is 29.7 Å². The predicted octanol–water partition coefficient (Wildman–Crippen LogP) is 2.76. The maximum absolute atomic E-state index is 12.8. The molecule has 2 aromatic carbocycles. The van der Waals surface area contributed by atoms with Crippen LogP contribution in [-0.2, 0) is 11.2 Å². The van der Waals surface area contributed by atoms with E-state index in [0.717, 1.165) is 18.5 Å². The van der Waals surface area contributed by atoms with Crippen LogP contribution in [0.3, 0.4) is 0 Å². The molecular weight excluding hydrogens is 272 g/mol. The van der Waals surface area contributed by atoms with Crippen LogP contribution in [0, 0.1) is 5.92 Å². The van der Waals surface area contributed by atoms with Crippen LogP contribution in [0.4, 0.5) is 0 Å². The summed E-state index contributed by atoms with van der Waals surface area (Å²) in [5, 5.41) is 0. The van der Waals surface area contributed by atoms with Gasteiger partial charge in [-0.1, -0.05) is 61.5 Å². The molecule has 2 unspecified atom stereocenters. The van der Waals surface area contributed by atoms with Crippen LogP contribution >= 0.6 is 0 Å². The standard InChI is InChI=1S/C19H22N2O/c1-14(13-20)19(22)21-12-11-15-7-5-6-10-17(15)18(21)16-8-3-2-4-9-16/h2-10,14,18H,11-13,20H2,1H3. The summed E-state index contributed by atoms with van der Waals surface area (Å²) in [6.07, 6.45) is 0.905. The second kappa shape index (κ2) is 6.32. The fourth-order valence-corrected chi connectivity index (χ4v) is 3.18. The third-order valence-electron chi connectivity index (χ3n) is 4.46. The maximum atomic E-state index is 12.8. The summed E-state index contributed by atoms with van der Waals surface area (Å²) in [6.45, 7) is 3.04. The van der Waals surface area contributed by atoms with Gasteiger partial charge in [0.2, 0.25) is 5.91 Å². The van der Waals surface area contributed by atoms with Crippen molar-refractivity contribution in [1.29, 1.82) is 0 Å². The number of fused-ring (bicyclic) bond motifs is 1. The fourth-order valence-electron chi connectivity index (χ4n) is 3.18. The lowest BCUT2D eigenvalue weighted by Crippen LogP contribution is -2.44. The minimum Gasteiger partial charge on any atom is -0.331 e. The zero-order valence-electron chi connectivity index (χ0n) is 12.9. The Morgan fingerprint density at radius 3 is 2.59 bits per heavy atom. The van der Waals surface area contributed by atoms with Crippen molar-refractivity contribution in [3.8, 4) is 0 Å². The largest absolute Gasteiger partial charge is 0.331 e. The number of hydrogen-bond donors (Lipinski definition) is 1. The van der Waals surface area contributed by atoms with Gasteiger partial charge < -0.3 is 10.6 Å². The maximum Gasteiger partial charge on any atom is 0.227 e. The average Bonchev–Trinajstić information content (AvgIpc) is 2.60. The summed E-state index contributed by atoms with van der Waals surface area (Å²) < 4.78 is 0. The van der Waals surface area contributed by atoms with E-state index < -0.39 is 0 Å². The molecular formula is C19H22N2O. The smallest absolute Gasteiger partial charge is 0.227 e. The van der Waals surface area contributed by atoms with Crippen molar-refractivity contribution in [3.63, 3.8) is 0 Å². The van der Waals surface area contributed by atoms with Crippen molar-refractivity contribution in [2.75, 3.05) is 13.1 Å². The van der Waals surface area contributed by atoms with Crippen LogP contribution in [0.15, 0.2) is 54.6 Å². The summed E-state index contributed by atoms with van der Waals surface area (Å²) in [5.74, 6) is 0.00216. The number of carbonyl (C=O) groups excluding carboxylic acids is 1. The molecule has 0 fully saturated rings. The molecule has 114 valence electrons. The second-order valence-corrected chi connectivity index (χ2v) is 5.93. The number of carbonyl (C=O) groups is 1. The van der Waals surface area contributed by atoms with E-state index in [2.05, 4.69) is 36.4 Å². The van der Waals surface area contributed by atoms with E-state index in [0.29, 0.717) is 6.54 Å². The SMILES string of the molecule is CC(CN)C(=O)N1CCc2ccccc2C1c1ccccc1. The molecule has 3 heteroatoms. The molecule has 1 aliphatic heterocycles. The van der Waals surface area contributed by atoms with E-state index in [9.17, 15) is 4.79 Å². The molecule has 3 nitrogen and oxygen atoms in total. The Bertz CT molecular complexity index is 653. The molecule has 0 aliphatic carbocycles. The van der Waals surface area contributed by atoms with Gasteiger partial charge in [0.05, 0.1) is 6.04 Å². The first-order chi connectivity index (χ1) is 10.7. The van der Waals surface area contributed by atoms with Crippen LogP contribution in [0.25, 0.3) is 0 Å². The highest BCUT2D eigenvalue weighted by molar-refractivity contribution is 5.80. The zero-order chi connectivity index (χ0) is 15.5. The lowest BCUT2D eigenvalue weighted by Gasteiger charge is -2.39. The lowest BCUT2D eigenvalue weighted by molar-refractivity contribution is -0.136. The van der Waals surface area contributed by atoms with Gasteiger partial charge in [0.1, 0.15) is 0 Å². The molecule has 2 atom stereocenters. The molecule has 0 spiro atoms. The normalized spacial score (nSPS) is 18.6. The number of amides is 1. The Morgan fingerprint density at radius 2 is 1.86 bits per heavy atom. The number of hydrogen-bond acceptors (Lipinski definition) is 2. The summed E-state index contributed by atoms with van der Waals surface area (Å²) >= 11 is 0. The predicted molar refractivity (Wildman–Crippen MR) is 88.4 cm³/mol. The van der Waals surface area contributed by atoms with Gasteiger partial charge in [0.25, 0.3) is 0 Å². The molecule has 3 rings (SSSR count). The van der Waals surface area contributed by atoms with Crippen molar-refractivity contribution >= 4 is 5.91 Å². The van der Waals surface area contributed by atoms with E-state index in [-0.39, 0.29) is 17.9 Å². The van der Waals surface area contributed by atoms with Gasteiger partial charge in [-0.25, -0.2) is 0 Å². The van der Waals surface area contributed by atoms with Crippen LogP contribution in [0.2, 0.25) is 0 Å². The Morgan fingerprint density at radius 1 is 1.18 bits per heavy atom. The molecule has 0 radical (unpaired) electrons. The molecule has 0 saturated carbocycles. The Kier molecular flexibility index (Phi) is 4.25. The molecule has 2 aromatic rings. The lowest BCUT2D eigenvalue weighted by atomic mass is 9.87. The van der Waals surface area contributed by atoms with Gasteiger partial charge in [-0.05, 0) is 23.1 Å². The van der Waals surface area contributed by atoms with Crippen molar-refractivity contribution in [2.24, 2.45) is 11.7 Å². The van der Waals surface area contributed by atoms with E-state index in [1.165, 1.54) is 11.1 Å². The fraction of sp³-hybridized carbons (Fsp3) is 0.316. The van der Waals surface area contributed by atoms with Gasteiger partial charge in [0.15, 0.2) is 0 Å².